The Bertz CT molecular complexity index is 1240. The van der Waals surface area contributed by atoms with E-state index in [9.17, 15) is 14.4 Å². The van der Waals surface area contributed by atoms with E-state index in [1.54, 1.807) is 0 Å². The first-order chi connectivity index (χ1) is 18.0. The number of nitrogens with one attached hydrogen (secondary N) is 3. The zero-order valence-electron chi connectivity index (χ0n) is 21.4. The number of unbranched alkanes of at least 4 members (excludes halogenated alkanes) is 1. The smallest absolute Gasteiger partial charge is 0.408 e. The molecule has 3 N–H and O–H groups in total. The van der Waals surface area contributed by atoms with Gasteiger partial charge in [0.25, 0.3) is 5.91 Å². The van der Waals surface area contributed by atoms with Crippen LogP contribution in [0.4, 0.5) is 10.6 Å². The number of carbonyl (C=O) groups excluding carboxylic acids is 3. The molecule has 38 heavy (non-hydrogen) atoms. The predicted octanol–water partition coefficient (Wildman–Crippen LogP) is 4.61. The fourth-order valence-corrected chi connectivity index (χ4v) is 3.84. The second-order valence-corrected chi connectivity index (χ2v) is 10.4. The molecule has 0 fully saturated rings. The number of ketones is 1. The second kappa shape index (κ2) is 12.8. The molecular formula is C24H29Cl2N7O5. The van der Waals surface area contributed by atoms with E-state index in [0.29, 0.717) is 12.0 Å². The van der Waals surface area contributed by atoms with Gasteiger partial charge in [0, 0.05) is 11.6 Å². The summed E-state index contributed by atoms with van der Waals surface area (Å²) < 4.78 is 11.4. The van der Waals surface area contributed by atoms with Gasteiger partial charge in [0.15, 0.2) is 0 Å². The number of aromatic amines is 1. The van der Waals surface area contributed by atoms with E-state index in [0.717, 1.165) is 6.42 Å². The Balaban J connectivity index is 1.69. The first-order valence-electron chi connectivity index (χ1n) is 11.9. The topological polar surface area (TPSA) is 165 Å². The van der Waals surface area contributed by atoms with Crippen LogP contribution in [0.1, 0.15) is 52.8 Å². The third-order valence-electron chi connectivity index (χ3n) is 5.48. The Morgan fingerprint density at radius 2 is 1.87 bits per heavy atom. The number of ether oxygens (including phenoxy) is 1. The number of H-pyrrole nitrogens is 1. The van der Waals surface area contributed by atoms with Gasteiger partial charge in [-0.05, 0) is 24.0 Å². The van der Waals surface area contributed by atoms with E-state index in [4.69, 9.17) is 32.4 Å². The van der Waals surface area contributed by atoms with Crippen molar-refractivity contribution in [2.45, 2.75) is 65.5 Å². The van der Waals surface area contributed by atoms with Gasteiger partial charge in [0.2, 0.25) is 17.6 Å². The lowest BCUT2D eigenvalue weighted by Crippen LogP contribution is -2.47. The van der Waals surface area contributed by atoms with E-state index in [1.807, 2.05) is 27.7 Å². The number of hydrogen-bond donors (Lipinski definition) is 3. The molecule has 204 valence electrons. The van der Waals surface area contributed by atoms with Crippen molar-refractivity contribution in [3.8, 4) is 11.5 Å². The van der Waals surface area contributed by atoms with Crippen LogP contribution in [0.15, 0.2) is 28.8 Å². The lowest BCUT2D eigenvalue weighted by Gasteiger charge is -2.30. The minimum atomic E-state index is -1.07. The van der Waals surface area contributed by atoms with E-state index < -0.39 is 35.3 Å². The van der Waals surface area contributed by atoms with Crippen molar-refractivity contribution < 1.29 is 23.5 Å². The molecule has 0 bridgehead atoms. The maximum atomic E-state index is 12.9. The number of Topliss-reactive ketones (excluding diaryl/α,β-unsaturated/α-hetero) is 1. The number of halogens is 2. The molecule has 0 spiro atoms. The molecular weight excluding hydrogens is 537 g/mol. The maximum absolute atomic E-state index is 12.9. The second-order valence-electron chi connectivity index (χ2n) is 9.59. The molecule has 2 atom stereocenters. The number of carbonyl (C=O) groups is 3. The lowest BCUT2D eigenvalue weighted by molar-refractivity contribution is -0.136. The van der Waals surface area contributed by atoms with Crippen molar-refractivity contribution in [2.75, 3.05) is 5.32 Å². The van der Waals surface area contributed by atoms with Crippen molar-refractivity contribution in [3.63, 3.8) is 0 Å². The summed E-state index contributed by atoms with van der Waals surface area (Å²) in [6.07, 6.45) is 1.63. The highest BCUT2D eigenvalue weighted by molar-refractivity contribution is 6.42. The van der Waals surface area contributed by atoms with E-state index in [1.165, 1.54) is 24.4 Å². The van der Waals surface area contributed by atoms with Crippen LogP contribution in [0.2, 0.25) is 10.3 Å². The van der Waals surface area contributed by atoms with Gasteiger partial charge in [0.05, 0.1) is 12.6 Å². The number of hydrogen-bond acceptors (Lipinski definition) is 9. The molecule has 3 heterocycles. The molecule has 0 saturated carbocycles. The maximum Gasteiger partial charge on any atom is 0.408 e. The predicted molar refractivity (Wildman–Crippen MR) is 140 cm³/mol. The fourth-order valence-electron chi connectivity index (χ4n) is 3.37. The van der Waals surface area contributed by atoms with Crippen LogP contribution in [-0.2, 0) is 20.7 Å². The third-order valence-corrected chi connectivity index (χ3v) is 5.87. The van der Waals surface area contributed by atoms with Crippen LogP contribution in [-0.4, -0.2) is 55.3 Å². The van der Waals surface area contributed by atoms with Gasteiger partial charge in [-0.25, -0.2) is 9.78 Å². The summed E-state index contributed by atoms with van der Waals surface area (Å²) >= 11 is 11.9. The van der Waals surface area contributed by atoms with Crippen molar-refractivity contribution >= 4 is 46.8 Å². The first-order valence-corrected chi connectivity index (χ1v) is 12.7. The van der Waals surface area contributed by atoms with Crippen molar-refractivity contribution in [1.82, 2.24) is 30.7 Å². The SMILES string of the molecule is CCCC[C@H](NC(=O)O[C@@H](Cc1nnc(-c2cc(Cl)nc(Cl)c2)o1)C(C)(C)C)C(=O)C(=O)Nc1ccn[nH]1. The highest BCUT2D eigenvalue weighted by Crippen LogP contribution is 2.28. The van der Waals surface area contributed by atoms with Gasteiger partial charge in [-0.15, -0.1) is 10.2 Å². The van der Waals surface area contributed by atoms with Gasteiger partial charge in [-0.2, -0.15) is 5.10 Å². The van der Waals surface area contributed by atoms with E-state index in [2.05, 4.69) is 36.0 Å². The van der Waals surface area contributed by atoms with Crippen molar-refractivity contribution in [3.05, 3.63) is 40.6 Å². The minimum Gasteiger partial charge on any atom is -0.445 e. The van der Waals surface area contributed by atoms with Crippen LogP contribution in [0.3, 0.4) is 0 Å². The summed E-state index contributed by atoms with van der Waals surface area (Å²) in [4.78, 5) is 42.0. The third kappa shape index (κ3) is 8.25. The number of amides is 2. The molecule has 0 saturated heterocycles. The van der Waals surface area contributed by atoms with Crippen LogP contribution in [0.5, 0.6) is 0 Å². The number of nitrogens with zero attached hydrogens (tertiary/aromatic N) is 4. The number of anilines is 1. The molecule has 0 radical (unpaired) electrons. The summed E-state index contributed by atoms with van der Waals surface area (Å²) in [6, 6.07) is 3.50. The normalized spacial score (nSPS) is 13.0. The minimum absolute atomic E-state index is 0.102. The quantitative estimate of drug-likeness (QED) is 0.222. The average molecular weight is 566 g/mol. The van der Waals surface area contributed by atoms with Gasteiger partial charge >= 0.3 is 6.09 Å². The van der Waals surface area contributed by atoms with E-state index in [-0.39, 0.29) is 40.7 Å². The monoisotopic (exact) mass is 565 g/mol. The van der Waals surface area contributed by atoms with Gasteiger partial charge < -0.3 is 19.8 Å². The summed E-state index contributed by atoms with van der Waals surface area (Å²) in [6.45, 7) is 7.57. The molecule has 2 amide bonds. The Labute approximate surface area is 229 Å². The molecule has 0 aliphatic carbocycles. The Morgan fingerprint density at radius 1 is 1.16 bits per heavy atom. The molecule has 3 rings (SSSR count). The lowest BCUT2D eigenvalue weighted by atomic mass is 9.87. The van der Waals surface area contributed by atoms with Crippen LogP contribution in [0, 0.1) is 5.41 Å². The molecule has 3 aromatic rings. The van der Waals surface area contributed by atoms with Gasteiger partial charge in [-0.1, -0.05) is 63.7 Å². The standard InChI is InChI=1S/C24H29Cl2N7O5/c1-5-6-7-14(20(34)21(35)30-18-8-9-27-31-18)28-23(36)37-15(24(2,3)4)12-19-32-33-22(38-19)13-10-16(25)29-17(26)11-13/h8-11,14-15H,5-7,12H2,1-4H3,(H,28,36)(H2,27,30,31,35)/t14-,15-/m0/s1. The zero-order chi connectivity index (χ0) is 27.9. The number of alkyl carbamates (subject to hydrolysis) is 1. The number of rotatable bonds is 11. The molecule has 3 aromatic heterocycles. The molecule has 0 aromatic carbocycles. The van der Waals surface area contributed by atoms with Crippen LogP contribution >= 0.6 is 23.2 Å². The Hall–Kier alpha value is -3.51. The molecule has 12 nitrogen and oxygen atoms in total. The molecule has 0 aliphatic rings. The van der Waals surface area contributed by atoms with Gasteiger partial charge in [0.1, 0.15) is 28.3 Å². The fraction of sp³-hybridized carbons (Fsp3) is 0.458. The van der Waals surface area contributed by atoms with Crippen molar-refractivity contribution in [2.24, 2.45) is 5.41 Å². The summed E-state index contributed by atoms with van der Waals surface area (Å²) in [5, 5.41) is 19.7. The average Bonchev–Trinajstić information content (AvgIpc) is 3.52. The molecule has 0 aliphatic heterocycles. The highest BCUT2D eigenvalue weighted by atomic mass is 35.5. The highest BCUT2D eigenvalue weighted by Gasteiger charge is 2.33. The zero-order valence-corrected chi connectivity index (χ0v) is 22.9. The van der Waals surface area contributed by atoms with Crippen molar-refractivity contribution in [1.29, 1.82) is 0 Å². The summed E-state index contributed by atoms with van der Waals surface area (Å²) in [7, 11) is 0. The number of pyridine rings is 1. The van der Waals surface area contributed by atoms with Crippen LogP contribution < -0.4 is 10.6 Å². The Morgan fingerprint density at radius 3 is 2.47 bits per heavy atom. The molecule has 0 unspecified atom stereocenters. The Kier molecular flexibility index (Phi) is 9.81. The molecule has 14 heteroatoms. The summed E-state index contributed by atoms with van der Waals surface area (Å²) in [5.41, 5.74) is -0.0405. The van der Waals surface area contributed by atoms with Crippen LogP contribution in [0.25, 0.3) is 11.5 Å². The van der Waals surface area contributed by atoms with E-state index >= 15 is 0 Å². The first kappa shape index (κ1) is 29.1. The van der Waals surface area contributed by atoms with Gasteiger partial charge in [-0.3, -0.25) is 14.7 Å². The number of aromatic nitrogens is 5. The summed E-state index contributed by atoms with van der Waals surface area (Å²) in [5.74, 6) is -1.01. The largest absolute Gasteiger partial charge is 0.445 e.